The number of thiophene rings is 1. The molecule has 0 N–H and O–H groups in total. The molecule has 3 heteroatoms. The second kappa shape index (κ2) is 14.7. The zero-order chi connectivity index (χ0) is 37.3. The van der Waals surface area contributed by atoms with Crippen LogP contribution < -0.4 is 9.80 Å². The first-order valence-electron chi connectivity index (χ1n) is 19.2. The molecule has 0 saturated carbocycles. The van der Waals surface area contributed by atoms with E-state index in [4.69, 9.17) is 0 Å². The molecule has 56 heavy (non-hydrogen) atoms. The highest BCUT2D eigenvalue weighted by Crippen LogP contribution is 2.51. The number of allylic oxidation sites excluding steroid dienone is 5. The van der Waals surface area contributed by atoms with Crippen molar-refractivity contribution in [3.05, 3.63) is 224 Å². The maximum atomic E-state index is 2.44. The highest BCUT2D eigenvalue weighted by molar-refractivity contribution is 7.18. The Hall–Kier alpha value is -6.94. The fourth-order valence-electron chi connectivity index (χ4n) is 8.02. The van der Waals surface area contributed by atoms with Crippen molar-refractivity contribution < 1.29 is 0 Å². The number of anilines is 5. The van der Waals surface area contributed by atoms with Gasteiger partial charge < -0.3 is 9.80 Å². The van der Waals surface area contributed by atoms with Crippen LogP contribution in [0.1, 0.15) is 6.42 Å². The van der Waals surface area contributed by atoms with Crippen LogP contribution in [-0.2, 0) is 0 Å². The van der Waals surface area contributed by atoms with E-state index in [2.05, 4.69) is 228 Å². The lowest BCUT2D eigenvalue weighted by molar-refractivity contribution is 1.23. The molecule has 1 aliphatic carbocycles. The van der Waals surface area contributed by atoms with Crippen LogP contribution in [0, 0.1) is 0 Å². The number of benzene rings is 8. The van der Waals surface area contributed by atoms with Gasteiger partial charge in [-0.1, -0.05) is 146 Å². The molecule has 0 atom stereocenters. The zero-order valence-electron chi connectivity index (χ0n) is 30.8. The molecular formula is C53H38N2S. The molecule has 0 unspecified atom stereocenters. The van der Waals surface area contributed by atoms with Gasteiger partial charge in [-0.05, 0) is 101 Å². The molecule has 0 aliphatic heterocycles. The monoisotopic (exact) mass is 734 g/mol. The quantitative estimate of drug-likeness (QED) is 0.113. The summed E-state index contributed by atoms with van der Waals surface area (Å²) in [6, 6.07) is 68.3. The molecule has 0 bridgehead atoms. The fraction of sp³-hybridized carbons (Fsp3) is 0.0189. The van der Waals surface area contributed by atoms with Crippen molar-refractivity contribution in [2.45, 2.75) is 6.42 Å². The van der Waals surface area contributed by atoms with E-state index in [1.54, 1.807) is 0 Å². The Labute approximate surface area is 331 Å². The van der Waals surface area contributed by atoms with Gasteiger partial charge in [0.2, 0.25) is 0 Å². The largest absolute Gasteiger partial charge is 0.309 e. The van der Waals surface area contributed by atoms with Crippen LogP contribution in [0.5, 0.6) is 0 Å². The highest BCUT2D eigenvalue weighted by Gasteiger charge is 2.26. The number of hydrogen-bond donors (Lipinski definition) is 0. The summed E-state index contributed by atoms with van der Waals surface area (Å²) >= 11 is 1.85. The van der Waals surface area contributed by atoms with E-state index in [0.29, 0.717) is 0 Å². The van der Waals surface area contributed by atoms with E-state index >= 15 is 0 Å². The maximum Gasteiger partial charge on any atom is 0.0620 e. The van der Waals surface area contributed by atoms with Gasteiger partial charge in [-0.25, -0.2) is 0 Å². The number of fused-ring (bicyclic) bond motifs is 3. The van der Waals surface area contributed by atoms with Crippen LogP contribution >= 0.6 is 11.3 Å². The Morgan fingerprint density at radius 1 is 0.393 bits per heavy atom. The van der Waals surface area contributed by atoms with Crippen molar-refractivity contribution in [1.29, 1.82) is 0 Å². The Bertz CT molecular complexity index is 2900. The van der Waals surface area contributed by atoms with Crippen LogP contribution in [0.4, 0.5) is 28.4 Å². The second-order valence-electron chi connectivity index (χ2n) is 14.1. The summed E-state index contributed by atoms with van der Waals surface area (Å²) in [4.78, 5) is 7.38. The molecule has 0 fully saturated rings. The first-order chi connectivity index (χ1) is 27.8. The molecule has 0 radical (unpaired) electrons. The molecular weight excluding hydrogens is 697 g/mol. The van der Waals surface area contributed by atoms with Gasteiger partial charge in [-0.3, -0.25) is 0 Å². The normalized spacial score (nSPS) is 12.5. The molecule has 1 aliphatic rings. The molecule has 1 aromatic heterocycles. The molecule has 8 aromatic carbocycles. The average Bonchev–Trinajstić information content (AvgIpc) is 3.62. The number of rotatable bonds is 8. The topological polar surface area (TPSA) is 6.48 Å². The first-order valence-corrected chi connectivity index (χ1v) is 20.0. The molecule has 2 nitrogen and oxygen atoms in total. The van der Waals surface area contributed by atoms with Crippen LogP contribution in [0.15, 0.2) is 224 Å². The summed E-state index contributed by atoms with van der Waals surface area (Å²) in [5.74, 6) is 0. The number of hydrogen-bond acceptors (Lipinski definition) is 3. The van der Waals surface area contributed by atoms with Crippen LogP contribution in [0.25, 0.3) is 53.2 Å². The van der Waals surface area contributed by atoms with Gasteiger partial charge in [0.1, 0.15) is 0 Å². The maximum absolute atomic E-state index is 2.44. The predicted octanol–water partition coefficient (Wildman–Crippen LogP) is 15.5. The smallest absolute Gasteiger partial charge is 0.0620 e. The van der Waals surface area contributed by atoms with Gasteiger partial charge in [-0.2, -0.15) is 0 Å². The Balaban J connectivity index is 1.27. The van der Waals surface area contributed by atoms with E-state index in [1.807, 2.05) is 11.3 Å². The SMILES string of the molecule is C1=CCC=CC(N(c2ccccc2)c2c3ccccc3c(N(c3ccccc3)c3ccccc3)c3cc(-c4ccc(-c5ccc6ccccc6c5)s4)ccc23)=C1. The molecule has 1 heterocycles. The van der Waals surface area contributed by atoms with E-state index in [-0.39, 0.29) is 0 Å². The minimum absolute atomic E-state index is 0.900. The molecule has 0 spiro atoms. The molecule has 0 saturated heterocycles. The highest BCUT2D eigenvalue weighted by atomic mass is 32.1. The Morgan fingerprint density at radius 3 is 1.57 bits per heavy atom. The van der Waals surface area contributed by atoms with Gasteiger partial charge >= 0.3 is 0 Å². The lowest BCUT2D eigenvalue weighted by Gasteiger charge is -2.33. The van der Waals surface area contributed by atoms with Crippen molar-refractivity contribution in [3.63, 3.8) is 0 Å². The van der Waals surface area contributed by atoms with E-state index in [9.17, 15) is 0 Å². The second-order valence-corrected chi connectivity index (χ2v) is 15.1. The van der Waals surface area contributed by atoms with Crippen LogP contribution in [-0.4, -0.2) is 0 Å². The van der Waals surface area contributed by atoms with Crippen molar-refractivity contribution in [1.82, 2.24) is 0 Å². The van der Waals surface area contributed by atoms with Crippen molar-refractivity contribution >= 4 is 72.1 Å². The standard InChI is InChI=1S/C53H38N2S/c1-2-7-21-42(20-6-1)54(43-22-8-3-9-23-43)52-46-28-16-17-29-47(46)53(55(44-24-10-4-11-25-44)45-26-12-5-13-27-45)49-37-41(32-33-48(49)52)51-35-34-50(56-51)40-31-30-38-18-14-15-19-39(38)36-40/h1,3-37H,2H2. The first kappa shape index (κ1) is 33.6. The van der Waals surface area contributed by atoms with Crippen molar-refractivity contribution in [2.75, 3.05) is 9.80 Å². The van der Waals surface area contributed by atoms with E-state index in [0.717, 1.165) is 40.6 Å². The molecule has 9 aromatic rings. The summed E-state index contributed by atoms with van der Waals surface area (Å²) in [5, 5.41) is 7.23. The average molecular weight is 735 g/mol. The minimum Gasteiger partial charge on any atom is -0.309 e. The minimum atomic E-state index is 0.900. The Morgan fingerprint density at radius 2 is 0.911 bits per heavy atom. The third-order valence-corrected chi connectivity index (χ3v) is 11.8. The molecule has 266 valence electrons. The predicted molar refractivity (Wildman–Crippen MR) is 242 cm³/mol. The van der Waals surface area contributed by atoms with Crippen molar-refractivity contribution in [3.8, 4) is 20.9 Å². The summed E-state index contributed by atoms with van der Waals surface area (Å²) < 4.78 is 0. The van der Waals surface area contributed by atoms with Crippen LogP contribution in [0.2, 0.25) is 0 Å². The lowest BCUT2D eigenvalue weighted by Crippen LogP contribution is -2.17. The van der Waals surface area contributed by atoms with E-state index < -0.39 is 0 Å². The molecule has 0 amide bonds. The van der Waals surface area contributed by atoms with Gasteiger partial charge in [0.25, 0.3) is 0 Å². The van der Waals surface area contributed by atoms with E-state index in [1.165, 1.54) is 53.2 Å². The summed E-state index contributed by atoms with van der Waals surface area (Å²) in [7, 11) is 0. The summed E-state index contributed by atoms with van der Waals surface area (Å²) in [5.41, 5.74) is 9.20. The fourth-order valence-corrected chi connectivity index (χ4v) is 9.02. The third kappa shape index (κ3) is 6.18. The number of para-hydroxylation sites is 3. The van der Waals surface area contributed by atoms with Gasteiger partial charge in [-0.15, -0.1) is 11.3 Å². The third-order valence-electron chi connectivity index (χ3n) is 10.6. The Kier molecular flexibility index (Phi) is 8.83. The van der Waals surface area contributed by atoms with Crippen molar-refractivity contribution in [2.24, 2.45) is 0 Å². The van der Waals surface area contributed by atoms with Gasteiger partial charge in [0.05, 0.1) is 11.4 Å². The molecule has 10 rings (SSSR count). The summed E-state index contributed by atoms with van der Waals surface area (Å²) in [6.45, 7) is 0. The van der Waals surface area contributed by atoms with Crippen LogP contribution in [0.3, 0.4) is 0 Å². The number of nitrogens with zero attached hydrogens (tertiary/aromatic N) is 2. The zero-order valence-corrected chi connectivity index (χ0v) is 31.6. The lowest BCUT2D eigenvalue weighted by atomic mass is 9.93. The van der Waals surface area contributed by atoms with Gasteiger partial charge in [0.15, 0.2) is 0 Å². The summed E-state index contributed by atoms with van der Waals surface area (Å²) in [6.07, 6.45) is 12.0. The van der Waals surface area contributed by atoms with Gasteiger partial charge in [0, 0.05) is 54.1 Å².